The summed E-state index contributed by atoms with van der Waals surface area (Å²) in [5, 5.41) is 11.3. The van der Waals surface area contributed by atoms with Crippen LogP contribution >= 0.6 is 69.4 Å². The first kappa shape index (κ1) is 58.3. The van der Waals surface area contributed by atoms with Crippen molar-refractivity contribution in [3.05, 3.63) is 325 Å². The summed E-state index contributed by atoms with van der Waals surface area (Å²) in [6, 6.07) is 78.2. The zero-order valence-corrected chi connectivity index (χ0v) is 51.3. The Balaban J connectivity index is 0.885. The molecule has 2 N–H and O–H groups in total. The summed E-state index contributed by atoms with van der Waals surface area (Å²) in [6.45, 7) is -0.160. The zero-order valence-electron chi connectivity index (χ0n) is 46.5. The number of nitrogens with one attached hydrogen (secondary N) is 2. The minimum Gasteiger partial charge on any atom is -0.459 e. The highest BCUT2D eigenvalue weighted by atomic mass is 35.5. The Hall–Kier alpha value is -8.74. The number of hydrogen-bond acceptors (Lipinski definition) is 14. The van der Waals surface area contributed by atoms with Crippen molar-refractivity contribution in [3.8, 4) is 0 Å². The summed E-state index contributed by atoms with van der Waals surface area (Å²) >= 11 is 19.0. The third kappa shape index (κ3) is 11.0. The number of ether oxygens (including phenoxy) is 1. The van der Waals surface area contributed by atoms with Crippen molar-refractivity contribution in [2.75, 3.05) is 17.6 Å². The largest absolute Gasteiger partial charge is 0.459 e. The number of carbonyl (C=O) groups is 3. The van der Waals surface area contributed by atoms with Crippen LogP contribution in [-0.4, -0.2) is 61.8 Å². The molecule has 12 nitrogen and oxygen atoms in total. The van der Waals surface area contributed by atoms with Gasteiger partial charge in [-0.15, -0.1) is 23.1 Å². The minimum atomic E-state index is -1.51. The number of benzene rings is 8. The van der Waals surface area contributed by atoms with Gasteiger partial charge in [-0.1, -0.05) is 294 Å². The standard InChI is InChI=1S/C70H51Cl2N5O7S4/c71-54-58(78)60-53(41-42-82-60)86-65(54)88-68(66(81)83-59(45-25-9-1-10-26-45)46-27-11-2-12-28-46)43-77-63(80)57(64(77)85-44-68)73-62(79)56(76-84-70(50-35-19-6-20-36-50,51-37-21-7-22-38-51)52-39-23-8-24-40-52)55-61(72)87-67(74-55)75-69(47-29-13-3-14-30-47,48-31-15-4-16-32-48)49-33-17-5-18-34-49/h1-42,57,59,64H,43-44H2,(H,73,79)(H,74,75)/t57?,64-,68?/m1/s1. The number of thioether (sulfide) groups is 2. The molecule has 2 saturated heterocycles. The van der Waals surface area contributed by atoms with Gasteiger partial charge in [-0.2, -0.15) is 0 Å². The van der Waals surface area contributed by atoms with Gasteiger partial charge in [-0.05, 0) is 33.9 Å². The first-order chi connectivity index (χ1) is 43.1. The Morgan fingerprint density at radius 2 is 1.11 bits per heavy atom. The highest BCUT2D eigenvalue weighted by Crippen LogP contribution is 2.51. The molecule has 88 heavy (non-hydrogen) atoms. The number of esters is 1. The van der Waals surface area contributed by atoms with Gasteiger partial charge in [-0.25, -0.2) is 4.98 Å². The van der Waals surface area contributed by atoms with Crippen molar-refractivity contribution < 1.29 is 28.4 Å². The fourth-order valence-electron chi connectivity index (χ4n) is 11.3. The molecule has 0 radical (unpaired) electrons. The van der Waals surface area contributed by atoms with E-state index in [-0.39, 0.29) is 38.6 Å². The summed E-state index contributed by atoms with van der Waals surface area (Å²) < 4.78 is 11.6. The summed E-state index contributed by atoms with van der Waals surface area (Å²) in [6.07, 6.45) is 0.584. The fourth-order valence-corrected chi connectivity index (χ4v) is 17.1. The smallest absolute Gasteiger partial charge is 0.326 e. The Labute approximate surface area is 533 Å². The molecule has 2 unspecified atom stereocenters. The van der Waals surface area contributed by atoms with E-state index < -0.39 is 56.6 Å². The Morgan fingerprint density at radius 3 is 1.60 bits per heavy atom. The molecule has 0 spiro atoms. The lowest BCUT2D eigenvalue weighted by Gasteiger charge is -2.53. The van der Waals surface area contributed by atoms with Crippen LogP contribution in [0, 0.1) is 0 Å². The van der Waals surface area contributed by atoms with Crippen LogP contribution in [0.3, 0.4) is 0 Å². The summed E-state index contributed by atoms with van der Waals surface area (Å²) in [5.74, 6) is -1.84. The number of aromatic nitrogens is 1. The Morgan fingerprint density at radius 1 is 0.648 bits per heavy atom. The average Bonchev–Trinajstić information content (AvgIpc) is 1.24. The Bertz CT molecular complexity index is 4150. The average molecular weight is 1270 g/mol. The molecule has 8 aromatic carbocycles. The van der Waals surface area contributed by atoms with Crippen LogP contribution in [0.5, 0.6) is 0 Å². The molecule has 13 rings (SSSR count). The molecule has 436 valence electrons. The van der Waals surface area contributed by atoms with E-state index in [2.05, 4.69) is 10.6 Å². The van der Waals surface area contributed by atoms with Crippen LogP contribution in [-0.2, 0) is 35.1 Å². The molecule has 11 aromatic rings. The van der Waals surface area contributed by atoms with E-state index in [0.717, 1.165) is 50.9 Å². The van der Waals surface area contributed by atoms with Gasteiger partial charge in [0.1, 0.15) is 36.8 Å². The van der Waals surface area contributed by atoms with E-state index in [0.29, 0.717) is 30.7 Å². The van der Waals surface area contributed by atoms with Gasteiger partial charge in [0.2, 0.25) is 16.9 Å². The van der Waals surface area contributed by atoms with E-state index in [4.69, 9.17) is 47.3 Å². The lowest BCUT2D eigenvalue weighted by Crippen LogP contribution is -2.75. The zero-order chi connectivity index (χ0) is 60.2. The van der Waals surface area contributed by atoms with Crippen molar-refractivity contribution in [2.24, 2.45) is 5.16 Å². The number of anilines is 1. The van der Waals surface area contributed by atoms with Gasteiger partial charge in [-0.3, -0.25) is 19.2 Å². The quantitative estimate of drug-likeness (QED) is 0.0262. The normalized spacial score (nSPS) is 16.8. The molecule has 2 fully saturated rings. The number of halogens is 2. The molecule has 3 atom stereocenters. The van der Waals surface area contributed by atoms with Gasteiger partial charge < -0.3 is 29.5 Å². The molecular weight excluding hydrogens is 1220 g/mol. The second-order valence-corrected chi connectivity index (χ2v) is 26.7. The number of amides is 2. The number of thiazole rings is 1. The van der Waals surface area contributed by atoms with Crippen LogP contribution < -0.4 is 16.1 Å². The summed E-state index contributed by atoms with van der Waals surface area (Å²) in [4.78, 5) is 73.4. The highest BCUT2D eigenvalue weighted by Gasteiger charge is 2.59. The first-order valence-electron chi connectivity index (χ1n) is 28.0. The number of carbonyl (C=O) groups excluding carboxylic acids is 3. The molecule has 18 heteroatoms. The van der Waals surface area contributed by atoms with Gasteiger partial charge in [0.25, 0.3) is 5.91 Å². The third-order valence-electron chi connectivity index (χ3n) is 15.6. The van der Waals surface area contributed by atoms with Crippen molar-refractivity contribution in [3.63, 3.8) is 0 Å². The summed E-state index contributed by atoms with van der Waals surface area (Å²) in [5.41, 5.74) is 3.11. The second-order valence-electron chi connectivity index (χ2n) is 20.9. The number of furan rings is 1. The van der Waals surface area contributed by atoms with E-state index in [9.17, 15) is 4.79 Å². The number of oxime groups is 1. The number of rotatable bonds is 19. The number of β-lactam (4-membered cyclic amide) rings is 1. The fraction of sp³-hybridized carbons (Fsp3) is 0.114. The van der Waals surface area contributed by atoms with E-state index in [1.54, 1.807) is 11.0 Å². The van der Waals surface area contributed by atoms with Crippen molar-refractivity contribution in [2.45, 2.75) is 37.6 Å². The van der Waals surface area contributed by atoms with Gasteiger partial charge >= 0.3 is 5.97 Å². The van der Waals surface area contributed by atoms with Crippen molar-refractivity contribution in [1.29, 1.82) is 0 Å². The predicted octanol–water partition coefficient (Wildman–Crippen LogP) is 15.0. The molecule has 2 amide bonds. The minimum absolute atomic E-state index is 0.00669. The second kappa shape index (κ2) is 25.2. The first-order valence-corrected chi connectivity index (χ1v) is 32.3. The van der Waals surface area contributed by atoms with Gasteiger partial charge in [0, 0.05) is 29.0 Å². The lowest BCUT2D eigenvalue weighted by molar-refractivity contribution is -0.155. The number of nitrogens with zero attached hydrogens (tertiary/aromatic N) is 3. The SMILES string of the molecule is O=C(NC1C(=O)N2CC(Sc3sc4ccoc4c(=O)c3Cl)(C(=O)OC(c3ccccc3)c3ccccc3)CS[C@H]12)C(=NOC(c1ccccc1)(c1ccccc1)c1ccccc1)c1nc(NC(c2ccccc2)(c2ccccc2)c2ccccc2)sc1Cl. The summed E-state index contributed by atoms with van der Waals surface area (Å²) in [7, 11) is 0. The maximum Gasteiger partial charge on any atom is 0.326 e. The molecular formula is C70H51Cl2N5O7S4. The topological polar surface area (TPSA) is 152 Å². The molecule has 0 bridgehead atoms. The molecule has 0 aliphatic carbocycles. The molecule has 2 aliphatic heterocycles. The van der Waals surface area contributed by atoms with Crippen LogP contribution in [0.1, 0.15) is 56.3 Å². The molecule has 2 aliphatic rings. The van der Waals surface area contributed by atoms with Crippen LogP contribution in [0.15, 0.2) is 274 Å². The van der Waals surface area contributed by atoms with E-state index in [1.807, 2.05) is 243 Å². The third-order valence-corrected chi connectivity index (χ3v) is 21.7. The van der Waals surface area contributed by atoms with Crippen molar-refractivity contribution >= 4 is 108 Å². The molecule has 3 aromatic heterocycles. The number of fused-ring (bicyclic) bond motifs is 2. The maximum atomic E-state index is 15.7. The lowest BCUT2D eigenvalue weighted by atomic mass is 9.77. The monoisotopic (exact) mass is 1270 g/mol. The highest BCUT2D eigenvalue weighted by molar-refractivity contribution is 8.06. The number of hydrogen-bond donors (Lipinski definition) is 2. The van der Waals surface area contributed by atoms with Gasteiger partial charge in [0.15, 0.2) is 22.5 Å². The molecule has 0 saturated carbocycles. The predicted molar refractivity (Wildman–Crippen MR) is 351 cm³/mol. The van der Waals surface area contributed by atoms with Crippen molar-refractivity contribution in [1.82, 2.24) is 15.2 Å². The van der Waals surface area contributed by atoms with Crippen LogP contribution in [0.2, 0.25) is 9.36 Å². The molecule has 5 heterocycles. The maximum absolute atomic E-state index is 15.7. The van der Waals surface area contributed by atoms with Crippen LogP contribution in [0.4, 0.5) is 5.13 Å². The van der Waals surface area contributed by atoms with E-state index >= 15 is 14.4 Å². The van der Waals surface area contributed by atoms with Gasteiger partial charge in [0.05, 0.1) is 15.2 Å². The van der Waals surface area contributed by atoms with E-state index in [1.165, 1.54) is 29.4 Å². The Kier molecular flexibility index (Phi) is 16.7. The van der Waals surface area contributed by atoms with Crippen LogP contribution in [0.25, 0.3) is 10.3 Å².